The largest absolute Gasteiger partial charge is 0.489 e. The van der Waals surface area contributed by atoms with Gasteiger partial charge in [0.2, 0.25) is 0 Å². The minimum absolute atomic E-state index is 0.157. The lowest BCUT2D eigenvalue weighted by Gasteiger charge is -2.22. The Balaban J connectivity index is 1.57. The third-order valence-corrected chi connectivity index (χ3v) is 6.53. The molecule has 0 saturated heterocycles. The highest BCUT2D eigenvalue weighted by Gasteiger charge is 2.30. The van der Waals surface area contributed by atoms with E-state index in [-0.39, 0.29) is 12.5 Å². The average molecular weight is 481 g/mol. The summed E-state index contributed by atoms with van der Waals surface area (Å²) >= 11 is 0. The van der Waals surface area contributed by atoms with Gasteiger partial charge in [-0.05, 0) is 83.5 Å². The summed E-state index contributed by atoms with van der Waals surface area (Å²) in [6.07, 6.45) is 1.80. The second-order valence-electron chi connectivity index (χ2n) is 9.25. The maximum atomic E-state index is 13.0. The van der Waals surface area contributed by atoms with Crippen LogP contribution >= 0.6 is 0 Å². The number of benzene rings is 3. The first-order chi connectivity index (χ1) is 16.7. The van der Waals surface area contributed by atoms with Crippen molar-refractivity contribution in [3.05, 3.63) is 89.0 Å². The van der Waals surface area contributed by atoms with E-state index >= 15 is 0 Å². The van der Waals surface area contributed by atoms with Gasteiger partial charge < -0.3 is 9.64 Å². The molecule has 0 atom stereocenters. The van der Waals surface area contributed by atoms with Crippen LogP contribution in [0.2, 0.25) is 0 Å². The van der Waals surface area contributed by atoms with E-state index in [4.69, 9.17) is 4.74 Å². The molecule has 3 nitrogen and oxygen atoms in total. The zero-order chi connectivity index (χ0) is 25.0. The molecule has 0 N–H and O–H groups in total. The molecule has 0 heterocycles. The number of hydrogen-bond donors (Lipinski definition) is 0. The Hall–Kier alpha value is -3.28. The number of amides is 1. The van der Waals surface area contributed by atoms with Crippen molar-refractivity contribution in [3.63, 3.8) is 0 Å². The Kier molecular flexibility index (Phi) is 7.48. The van der Waals surface area contributed by atoms with Gasteiger partial charge in [0.05, 0.1) is 5.56 Å². The van der Waals surface area contributed by atoms with Crippen LogP contribution in [-0.2, 0) is 12.8 Å². The van der Waals surface area contributed by atoms with Gasteiger partial charge in [-0.3, -0.25) is 4.79 Å². The van der Waals surface area contributed by atoms with Gasteiger partial charge in [-0.15, -0.1) is 0 Å². The second-order valence-corrected chi connectivity index (χ2v) is 9.25. The number of carbonyl (C=O) groups excluding carboxylic acids is 1. The van der Waals surface area contributed by atoms with Crippen LogP contribution in [0.15, 0.2) is 60.7 Å². The quantitative estimate of drug-likeness (QED) is 0.366. The summed E-state index contributed by atoms with van der Waals surface area (Å²) in [5.74, 6) is 1.06. The molecule has 0 bridgehead atoms. The van der Waals surface area contributed by atoms with Crippen molar-refractivity contribution in [3.8, 4) is 16.9 Å². The molecule has 35 heavy (non-hydrogen) atoms. The Morgan fingerprint density at radius 2 is 1.71 bits per heavy atom. The van der Waals surface area contributed by atoms with Crippen LogP contribution in [0.3, 0.4) is 0 Å². The lowest BCUT2D eigenvalue weighted by Crippen LogP contribution is -2.21. The highest BCUT2D eigenvalue weighted by Crippen LogP contribution is 2.34. The summed E-state index contributed by atoms with van der Waals surface area (Å²) in [5, 5.41) is 0. The molecule has 0 spiro atoms. The fourth-order valence-electron chi connectivity index (χ4n) is 4.57. The van der Waals surface area contributed by atoms with Crippen molar-refractivity contribution in [2.24, 2.45) is 0 Å². The van der Waals surface area contributed by atoms with Crippen molar-refractivity contribution in [1.29, 1.82) is 0 Å². The van der Waals surface area contributed by atoms with Crippen LogP contribution in [-0.4, -0.2) is 24.9 Å². The van der Waals surface area contributed by atoms with Gasteiger partial charge in [-0.25, -0.2) is 0 Å². The number of halogens is 3. The predicted molar refractivity (Wildman–Crippen MR) is 130 cm³/mol. The number of carbonyl (C=O) groups is 1. The van der Waals surface area contributed by atoms with E-state index in [1.807, 2.05) is 12.1 Å². The van der Waals surface area contributed by atoms with E-state index < -0.39 is 11.7 Å². The highest BCUT2D eigenvalue weighted by molar-refractivity contribution is 5.94. The minimum atomic E-state index is -4.40. The Morgan fingerprint density at radius 3 is 2.31 bits per heavy atom. The Morgan fingerprint density at radius 1 is 1.00 bits per heavy atom. The van der Waals surface area contributed by atoms with Crippen molar-refractivity contribution >= 4 is 5.91 Å². The molecule has 4 rings (SSSR count). The monoisotopic (exact) mass is 480 g/mol. The fourth-order valence-corrected chi connectivity index (χ4v) is 4.57. The highest BCUT2D eigenvalue weighted by atomic mass is 19.4. The Labute approximate surface area is 204 Å². The van der Waals surface area contributed by atoms with Crippen LogP contribution in [0.4, 0.5) is 13.2 Å². The summed E-state index contributed by atoms with van der Waals surface area (Å²) < 4.78 is 45.1. The zero-order valence-electron chi connectivity index (χ0n) is 20.0. The second kappa shape index (κ2) is 10.5. The van der Waals surface area contributed by atoms with Crippen molar-refractivity contribution in [2.45, 2.75) is 50.8 Å². The van der Waals surface area contributed by atoms with Crippen molar-refractivity contribution in [2.75, 3.05) is 14.1 Å². The molecule has 6 heteroatoms. The summed E-state index contributed by atoms with van der Waals surface area (Å²) in [6, 6.07) is 19.4. The molecule has 1 fully saturated rings. The lowest BCUT2D eigenvalue weighted by molar-refractivity contribution is -0.137. The van der Waals surface area contributed by atoms with E-state index in [0.29, 0.717) is 28.4 Å². The Bertz CT molecular complexity index is 1150. The molecule has 1 saturated carbocycles. The van der Waals surface area contributed by atoms with Crippen LogP contribution in [0.5, 0.6) is 5.75 Å². The smallest absolute Gasteiger partial charge is 0.416 e. The van der Waals surface area contributed by atoms with Crippen LogP contribution in [0.25, 0.3) is 11.1 Å². The fraction of sp³-hybridized carbons (Fsp3) is 0.345. The summed E-state index contributed by atoms with van der Waals surface area (Å²) in [6.45, 7) is 0.168. The third-order valence-electron chi connectivity index (χ3n) is 6.53. The molecule has 1 aliphatic carbocycles. The van der Waals surface area contributed by atoms with Gasteiger partial charge in [0, 0.05) is 19.7 Å². The lowest BCUT2D eigenvalue weighted by atomic mass is 9.84. The molecular weight excluding hydrogens is 451 g/mol. The van der Waals surface area contributed by atoms with Gasteiger partial charge >= 0.3 is 6.18 Å². The first kappa shape index (κ1) is 24.8. The first-order valence-electron chi connectivity index (χ1n) is 11.9. The van der Waals surface area contributed by atoms with Gasteiger partial charge in [0.1, 0.15) is 12.4 Å². The van der Waals surface area contributed by atoms with E-state index in [0.717, 1.165) is 17.7 Å². The number of ether oxygens (including phenoxy) is 1. The molecule has 0 aromatic heterocycles. The first-order valence-corrected chi connectivity index (χ1v) is 11.9. The van der Waals surface area contributed by atoms with Gasteiger partial charge in [0.15, 0.2) is 0 Å². The molecule has 1 aliphatic rings. The van der Waals surface area contributed by atoms with Crippen LogP contribution in [0.1, 0.15) is 65.1 Å². The van der Waals surface area contributed by atoms with Crippen LogP contribution in [0, 0.1) is 6.07 Å². The minimum Gasteiger partial charge on any atom is -0.489 e. The third kappa shape index (κ3) is 6.05. The van der Waals surface area contributed by atoms with Crippen molar-refractivity contribution < 1.29 is 22.7 Å². The summed E-state index contributed by atoms with van der Waals surface area (Å²) in [7, 11) is 3.35. The van der Waals surface area contributed by atoms with E-state index in [1.165, 1.54) is 54.7 Å². The molecule has 183 valence electrons. The molecule has 3 aromatic rings. The van der Waals surface area contributed by atoms with Crippen molar-refractivity contribution in [1.82, 2.24) is 4.90 Å². The summed E-state index contributed by atoms with van der Waals surface area (Å²) in [4.78, 5) is 14.0. The molecule has 1 radical (unpaired) electrons. The number of rotatable bonds is 6. The molecule has 0 unspecified atom stereocenters. The van der Waals surface area contributed by atoms with Gasteiger partial charge in [-0.1, -0.05) is 43.5 Å². The maximum Gasteiger partial charge on any atom is 0.416 e. The van der Waals surface area contributed by atoms with Gasteiger partial charge in [0.25, 0.3) is 5.91 Å². The summed E-state index contributed by atoms with van der Waals surface area (Å²) in [5.41, 5.74) is 3.06. The molecule has 3 aromatic carbocycles. The SMILES string of the molecule is CN(C)C(=O)c1ccc(-c2ccc(C(F)(F)F)cc2)c(COc2c[c]c(C3CCCCC3)cc2)c1. The molecule has 0 aliphatic heterocycles. The van der Waals surface area contributed by atoms with Gasteiger partial charge in [-0.2, -0.15) is 13.2 Å². The predicted octanol–water partition coefficient (Wildman–Crippen LogP) is 7.50. The van der Waals surface area contributed by atoms with E-state index in [9.17, 15) is 18.0 Å². The molecule has 1 amide bonds. The molecular formula is C29H29F3NO2. The van der Waals surface area contributed by atoms with E-state index in [1.54, 1.807) is 32.3 Å². The number of alkyl halides is 3. The standard InChI is InChI=1S/C29H29F3NO2/c1-33(2)28(34)23-12-17-27(22-8-13-25(14-9-22)29(30,31)32)24(18-23)19-35-26-15-10-21(11-16-26)20-6-4-3-5-7-20/h8-10,12-18,20H,3-7,19H2,1-2H3. The maximum absolute atomic E-state index is 13.0. The zero-order valence-corrected chi connectivity index (χ0v) is 20.0. The number of nitrogens with zero attached hydrogens (tertiary/aromatic N) is 1. The normalized spacial score (nSPS) is 14.5. The van der Waals surface area contributed by atoms with Crippen LogP contribution < -0.4 is 4.74 Å². The van der Waals surface area contributed by atoms with E-state index in [2.05, 4.69) is 12.1 Å². The number of hydrogen-bond acceptors (Lipinski definition) is 2. The average Bonchev–Trinajstić information content (AvgIpc) is 2.87. The topological polar surface area (TPSA) is 29.5 Å².